The highest BCUT2D eigenvalue weighted by atomic mass is 35.5. The highest BCUT2D eigenvalue weighted by Crippen LogP contribution is 2.29. The van der Waals surface area contributed by atoms with Gasteiger partial charge in [0.15, 0.2) is 15.4 Å². The van der Waals surface area contributed by atoms with Gasteiger partial charge < -0.3 is 10.4 Å². The van der Waals surface area contributed by atoms with Crippen molar-refractivity contribution in [2.24, 2.45) is 0 Å². The summed E-state index contributed by atoms with van der Waals surface area (Å²) in [4.78, 5) is 13.2. The van der Waals surface area contributed by atoms with Crippen LogP contribution in [0.5, 0.6) is 0 Å². The maximum Gasteiger partial charge on any atom is 0.262 e. The van der Waals surface area contributed by atoms with Crippen LogP contribution in [0.4, 0.5) is 5.69 Å². The quantitative estimate of drug-likeness (QED) is 0.455. The second-order valence-corrected chi connectivity index (χ2v) is 10.6. The van der Waals surface area contributed by atoms with E-state index in [0.717, 1.165) is 0 Å². The van der Waals surface area contributed by atoms with Gasteiger partial charge in [-0.3, -0.25) is 4.79 Å². The van der Waals surface area contributed by atoms with Crippen molar-refractivity contribution < 1.29 is 18.3 Å². The summed E-state index contributed by atoms with van der Waals surface area (Å²) >= 11 is 17.8. The van der Waals surface area contributed by atoms with E-state index in [4.69, 9.17) is 40.1 Å². The third kappa shape index (κ3) is 6.26. The van der Waals surface area contributed by atoms with E-state index in [-0.39, 0.29) is 21.8 Å². The molecule has 6 nitrogen and oxygen atoms in total. The predicted molar refractivity (Wildman–Crippen MR) is 129 cm³/mol. The number of rotatable bonds is 7. The molecular weight excluding hydrogens is 507 g/mol. The van der Waals surface area contributed by atoms with Crippen LogP contribution in [0.2, 0.25) is 15.1 Å². The van der Waals surface area contributed by atoms with Gasteiger partial charge in [0, 0.05) is 15.7 Å². The van der Waals surface area contributed by atoms with E-state index in [2.05, 4.69) is 5.32 Å². The molecule has 0 spiro atoms. The van der Waals surface area contributed by atoms with Gasteiger partial charge in [-0.25, -0.2) is 8.42 Å². The number of hydrogen-bond acceptors (Lipinski definition) is 5. The molecule has 1 atom stereocenters. The van der Waals surface area contributed by atoms with Crippen molar-refractivity contribution in [3.05, 3.63) is 98.5 Å². The molecule has 0 saturated carbocycles. The zero-order chi connectivity index (χ0) is 24.2. The molecule has 170 valence electrons. The summed E-state index contributed by atoms with van der Waals surface area (Å²) in [6.07, 6.45) is 0. The second kappa shape index (κ2) is 10.1. The minimum Gasteiger partial charge on any atom is -0.374 e. The van der Waals surface area contributed by atoms with E-state index in [9.17, 15) is 18.3 Å². The Hall–Kier alpha value is -2.60. The number of nitrogens with zero attached hydrogens (tertiary/aromatic N) is 1. The Morgan fingerprint density at radius 3 is 2.09 bits per heavy atom. The van der Waals surface area contributed by atoms with Crippen LogP contribution in [0.3, 0.4) is 0 Å². The molecule has 0 saturated heterocycles. The topological polar surface area (TPSA) is 107 Å². The summed E-state index contributed by atoms with van der Waals surface area (Å²) in [5.41, 5.74) is -1.54. The van der Waals surface area contributed by atoms with Crippen molar-refractivity contribution in [1.82, 2.24) is 0 Å². The predicted octanol–water partition coefficient (Wildman–Crippen LogP) is 4.96. The van der Waals surface area contributed by atoms with Gasteiger partial charge in [0.2, 0.25) is 0 Å². The van der Waals surface area contributed by atoms with Crippen LogP contribution in [0, 0.1) is 11.3 Å². The van der Waals surface area contributed by atoms with Gasteiger partial charge in [-0.15, -0.1) is 0 Å². The van der Waals surface area contributed by atoms with E-state index in [0.29, 0.717) is 15.6 Å². The summed E-state index contributed by atoms with van der Waals surface area (Å²) in [6.45, 7) is 0. The molecule has 33 heavy (non-hydrogen) atoms. The first-order chi connectivity index (χ1) is 15.5. The van der Waals surface area contributed by atoms with Crippen LogP contribution in [0.15, 0.2) is 66.7 Å². The van der Waals surface area contributed by atoms with Gasteiger partial charge in [0.1, 0.15) is 6.07 Å². The SMILES string of the molecule is N#Cc1ccc(NC(=O)C(O)(CS(=O)(=O)Cc2ccc(Cl)cc2)c2ccc(Cl)cc2)cc1Cl. The lowest BCUT2D eigenvalue weighted by Gasteiger charge is -2.27. The lowest BCUT2D eigenvalue weighted by molar-refractivity contribution is -0.132. The number of benzene rings is 3. The standard InChI is InChI=1S/C23H17Cl3N2O4S/c24-18-6-1-15(2-7-18)13-33(31,32)14-23(30,17-4-8-19(25)9-5-17)22(29)28-20-10-3-16(12-27)21(26)11-20/h1-11,30H,13-14H2,(H,28,29). The van der Waals surface area contributed by atoms with Crippen LogP contribution in [-0.2, 0) is 26.0 Å². The van der Waals surface area contributed by atoms with E-state index >= 15 is 0 Å². The van der Waals surface area contributed by atoms with Crippen molar-refractivity contribution in [3.63, 3.8) is 0 Å². The largest absolute Gasteiger partial charge is 0.374 e. The van der Waals surface area contributed by atoms with E-state index in [1.165, 1.54) is 42.5 Å². The molecule has 1 unspecified atom stereocenters. The molecule has 0 aliphatic rings. The van der Waals surface area contributed by atoms with Gasteiger partial charge in [0.25, 0.3) is 5.91 Å². The van der Waals surface area contributed by atoms with Gasteiger partial charge in [-0.05, 0) is 53.6 Å². The number of nitriles is 1. The highest BCUT2D eigenvalue weighted by Gasteiger charge is 2.42. The number of hydrogen-bond donors (Lipinski definition) is 2. The Morgan fingerprint density at radius 2 is 1.55 bits per heavy atom. The zero-order valence-corrected chi connectivity index (χ0v) is 20.0. The van der Waals surface area contributed by atoms with Crippen molar-refractivity contribution in [1.29, 1.82) is 5.26 Å². The van der Waals surface area contributed by atoms with Crippen molar-refractivity contribution in [3.8, 4) is 6.07 Å². The first kappa shape index (κ1) is 25.0. The molecule has 0 fully saturated rings. The lowest BCUT2D eigenvalue weighted by Crippen LogP contribution is -2.46. The number of anilines is 1. The van der Waals surface area contributed by atoms with Gasteiger partial charge >= 0.3 is 0 Å². The molecule has 0 heterocycles. The Morgan fingerprint density at radius 1 is 0.970 bits per heavy atom. The maximum absolute atomic E-state index is 13.2. The molecule has 3 aromatic carbocycles. The fourth-order valence-electron chi connectivity index (χ4n) is 3.13. The Kier molecular flexibility index (Phi) is 7.68. The van der Waals surface area contributed by atoms with Crippen LogP contribution < -0.4 is 5.32 Å². The molecule has 0 radical (unpaired) electrons. The number of halogens is 3. The lowest BCUT2D eigenvalue weighted by atomic mass is 9.94. The van der Waals surface area contributed by atoms with Gasteiger partial charge in [-0.2, -0.15) is 5.26 Å². The van der Waals surface area contributed by atoms with Gasteiger partial charge in [-0.1, -0.05) is 59.1 Å². The molecule has 0 aromatic heterocycles. The monoisotopic (exact) mass is 522 g/mol. The van der Waals surface area contributed by atoms with Crippen molar-refractivity contribution in [2.75, 3.05) is 11.1 Å². The minimum absolute atomic E-state index is 0.0452. The average Bonchev–Trinajstić information content (AvgIpc) is 2.75. The van der Waals surface area contributed by atoms with Crippen LogP contribution >= 0.6 is 34.8 Å². The second-order valence-electron chi connectivity index (χ2n) is 7.29. The maximum atomic E-state index is 13.2. The average molecular weight is 524 g/mol. The summed E-state index contributed by atoms with van der Waals surface area (Å²) in [6, 6.07) is 17.9. The molecule has 0 bridgehead atoms. The minimum atomic E-state index is -3.98. The molecular formula is C23H17Cl3N2O4S. The van der Waals surface area contributed by atoms with Crippen LogP contribution in [-0.4, -0.2) is 25.2 Å². The smallest absolute Gasteiger partial charge is 0.262 e. The van der Waals surface area contributed by atoms with Gasteiger partial charge in [0.05, 0.1) is 22.1 Å². The Balaban J connectivity index is 1.94. The third-order valence-corrected chi connectivity index (χ3v) is 7.22. The summed E-state index contributed by atoms with van der Waals surface area (Å²) in [5.74, 6) is -2.28. The molecule has 1 amide bonds. The van der Waals surface area contributed by atoms with Crippen molar-refractivity contribution in [2.45, 2.75) is 11.4 Å². The molecule has 3 aromatic rings. The van der Waals surface area contributed by atoms with E-state index in [1.54, 1.807) is 24.3 Å². The normalized spacial score (nSPS) is 13.1. The first-order valence-corrected chi connectivity index (χ1v) is 12.4. The van der Waals surface area contributed by atoms with E-state index < -0.39 is 32.9 Å². The fraction of sp³-hybridized carbons (Fsp3) is 0.130. The Bertz CT molecular complexity index is 1320. The zero-order valence-electron chi connectivity index (χ0n) is 16.9. The van der Waals surface area contributed by atoms with Crippen LogP contribution in [0.25, 0.3) is 0 Å². The summed E-state index contributed by atoms with van der Waals surface area (Å²) in [5, 5.41) is 23.8. The first-order valence-electron chi connectivity index (χ1n) is 9.47. The molecule has 0 aliphatic carbocycles. The molecule has 0 aliphatic heterocycles. The summed E-state index contributed by atoms with van der Waals surface area (Å²) in [7, 11) is -3.98. The van der Waals surface area contributed by atoms with E-state index in [1.807, 2.05) is 6.07 Å². The number of carbonyl (C=O) groups is 1. The highest BCUT2D eigenvalue weighted by molar-refractivity contribution is 7.90. The number of carbonyl (C=O) groups excluding carboxylic acids is 1. The van der Waals surface area contributed by atoms with Crippen LogP contribution in [0.1, 0.15) is 16.7 Å². The number of sulfone groups is 1. The fourth-order valence-corrected chi connectivity index (χ4v) is 5.34. The molecule has 10 heteroatoms. The summed E-state index contributed by atoms with van der Waals surface area (Å²) < 4.78 is 26.0. The number of amides is 1. The third-order valence-electron chi connectivity index (χ3n) is 4.77. The Labute approximate surface area is 206 Å². The number of nitrogens with one attached hydrogen (secondary N) is 1. The molecule has 3 rings (SSSR count). The van der Waals surface area contributed by atoms with Crippen molar-refractivity contribution >= 4 is 56.2 Å². The molecule has 2 N–H and O–H groups in total. The number of aliphatic hydroxyl groups is 1.